The normalized spacial score (nSPS) is 21.2. The summed E-state index contributed by atoms with van der Waals surface area (Å²) in [6.45, 7) is 8.12. The Morgan fingerprint density at radius 2 is 2.03 bits per heavy atom. The van der Waals surface area contributed by atoms with Gasteiger partial charge < -0.3 is 21.3 Å². The second-order valence-electron chi connectivity index (χ2n) is 8.61. The maximum atomic E-state index is 13.0. The van der Waals surface area contributed by atoms with Gasteiger partial charge in [0.05, 0.1) is 5.69 Å². The first-order chi connectivity index (χ1) is 15.0. The smallest absolute Gasteiger partial charge is 0.263 e. The zero-order chi connectivity index (χ0) is 21.5. The first-order valence-electron chi connectivity index (χ1n) is 10.9. The number of hydrogen-bond acceptors (Lipinski definition) is 7. The van der Waals surface area contributed by atoms with Crippen LogP contribution in [0.25, 0.3) is 10.2 Å². The van der Waals surface area contributed by atoms with Gasteiger partial charge in [-0.2, -0.15) is 0 Å². The van der Waals surface area contributed by atoms with E-state index in [1.54, 1.807) is 0 Å². The highest BCUT2D eigenvalue weighted by Crippen LogP contribution is 2.34. The van der Waals surface area contributed by atoms with Crippen LogP contribution in [0.15, 0.2) is 24.3 Å². The van der Waals surface area contributed by atoms with Gasteiger partial charge in [-0.25, -0.2) is 9.97 Å². The van der Waals surface area contributed by atoms with Crippen molar-refractivity contribution in [3.05, 3.63) is 46.1 Å². The van der Waals surface area contributed by atoms with E-state index >= 15 is 0 Å². The van der Waals surface area contributed by atoms with Crippen molar-refractivity contribution < 1.29 is 4.79 Å². The minimum atomic E-state index is -0.107. The summed E-state index contributed by atoms with van der Waals surface area (Å²) in [6, 6.07) is 8.25. The van der Waals surface area contributed by atoms with Crippen molar-refractivity contribution in [1.82, 2.24) is 20.6 Å². The minimum Gasteiger partial charge on any atom is -0.397 e. The Bertz CT molecular complexity index is 1140. The number of fused-ring (bicyclic) bond motifs is 2. The SMILES string of the molecule is Cc1ccc2c(N)c(C(=O)N[C@@H]3Cc4ccc(N5CCNCC5)nc4[C@@H](C)C3)sc2n1. The monoisotopic (exact) mass is 436 g/mol. The van der Waals surface area contributed by atoms with Gasteiger partial charge in [-0.3, -0.25) is 4.79 Å². The number of pyridine rings is 2. The van der Waals surface area contributed by atoms with Crippen LogP contribution in [0.4, 0.5) is 11.5 Å². The van der Waals surface area contributed by atoms with Crippen LogP contribution in [0.3, 0.4) is 0 Å². The fourth-order valence-electron chi connectivity index (χ4n) is 4.67. The summed E-state index contributed by atoms with van der Waals surface area (Å²) in [6.07, 6.45) is 1.67. The number of carbonyl (C=O) groups excluding carboxylic acids is 1. The third-order valence-electron chi connectivity index (χ3n) is 6.28. The van der Waals surface area contributed by atoms with Crippen LogP contribution in [-0.2, 0) is 6.42 Å². The average Bonchev–Trinajstić information content (AvgIpc) is 3.10. The van der Waals surface area contributed by atoms with E-state index in [0.717, 1.165) is 60.7 Å². The molecule has 1 saturated heterocycles. The predicted molar refractivity (Wildman–Crippen MR) is 126 cm³/mol. The number of nitrogens with two attached hydrogens (primary N) is 1. The van der Waals surface area contributed by atoms with Gasteiger partial charge in [0, 0.05) is 54.9 Å². The van der Waals surface area contributed by atoms with Gasteiger partial charge in [0.15, 0.2) is 0 Å². The molecule has 0 saturated carbocycles. The van der Waals surface area contributed by atoms with Crippen LogP contribution < -0.4 is 21.3 Å². The first kappa shape index (κ1) is 20.2. The molecule has 1 fully saturated rings. The molecule has 4 heterocycles. The molecular formula is C23H28N6OS. The van der Waals surface area contributed by atoms with Gasteiger partial charge in [-0.15, -0.1) is 11.3 Å². The summed E-state index contributed by atoms with van der Waals surface area (Å²) >= 11 is 1.37. The molecule has 0 bridgehead atoms. The number of amides is 1. The van der Waals surface area contributed by atoms with Crippen LogP contribution >= 0.6 is 11.3 Å². The lowest BCUT2D eigenvalue weighted by atomic mass is 9.84. The van der Waals surface area contributed by atoms with Crippen LogP contribution in [0.1, 0.15) is 45.9 Å². The van der Waals surface area contributed by atoms with Crippen LogP contribution in [0.5, 0.6) is 0 Å². The Kier molecular flexibility index (Phi) is 5.27. The molecule has 1 amide bonds. The summed E-state index contributed by atoms with van der Waals surface area (Å²) in [5, 5.41) is 7.46. The molecule has 7 nitrogen and oxygen atoms in total. The minimum absolute atomic E-state index is 0.0705. The van der Waals surface area contributed by atoms with Gasteiger partial charge >= 0.3 is 0 Å². The van der Waals surface area contributed by atoms with E-state index in [1.807, 2.05) is 19.1 Å². The Morgan fingerprint density at radius 1 is 1.23 bits per heavy atom. The molecule has 2 aliphatic rings. The highest BCUT2D eigenvalue weighted by molar-refractivity contribution is 7.21. The Hall–Kier alpha value is -2.71. The second kappa shape index (κ2) is 8.09. The summed E-state index contributed by atoms with van der Waals surface area (Å²) in [7, 11) is 0. The molecule has 2 atom stereocenters. The zero-order valence-electron chi connectivity index (χ0n) is 17.9. The lowest BCUT2D eigenvalue weighted by Crippen LogP contribution is -2.44. The number of nitrogen functional groups attached to an aromatic ring is 1. The quantitative estimate of drug-likeness (QED) is 0.584. The molecule has 31 heavy (non-hydrogen) atoms. The number of hydrogen-bond donors (Lipinski definition) is 3. The van der Waals surface area contributed by atoms with Gasteiger partial charge in [0.25, 0.3) is 5.91 Å². The lowest BCUT2D eigenvalue weighted by Gasteiger charge is -2.32. The zero-order valence-corrected chi connectivity index (χ0v) is 18.8. The number of carbonyl (C=O) groups is 1. The summed E-state index contributed by atoms with van der Waals surface area (Å²) in [5.74, 6) is 1.25. The van der Waals surface area contributed by atoms with Crippen molar-refractivity contribution >= 4 is 39.0 Å². The van der Waals surface area contributed by atoms with Crippen molar-refractivity contribution in [1.29, 1.82) is 0 Å². The number of thiophene rings is 1. The average molecular weight is 437 g/mol. The van der Waals surface area contributed by atoms with Crippen LogP contribution in [0.2, 0.25) is 0 Å². The third kappa shape index (κ3) is 3.85. The Labute approximate surface area is 186 Å². The molecule has 8 heteroatoms. The molecule has 1 aliphatic carbocycles. The highest BCUT2D eigenvalue weighted by atomic mass is 32.1. The Balaban J connectivity index is 1.33. The first-order valence-corrected chi connectivity index (χ1v) is 11.7. The number of rotatable bonds is 3. The molecule has 3 aromatic heterocycles. The molecule has 0 spiro atoms. The molecule has 0 aromatic carbocycles. The van der Waals surface area contributed by atoms with Gasteiger partial charge in [-0.1, -0.05) is 13.0 Å². The third-order valence-corrected chi connectivity index (χ3v) is 7.40. The summed E-state index contributed by atoms with van der Waals surface area (Å²) in [4.78, 5) is 26.3. The number of piperazine rings is 1. The van der Waals surface area contributed by atoms with E-state index < -0.39 is 0 Å². The van der Waals surface area contributed by atoms with Crippen molar-refractivity contribution in [2.75, 3.05) is 36.8 Å². The van der Waals surface area contributed by atoms with E-state index in [-0.39, 0.29) is 11.9 Å². The molecule has 5 rings (SSSR count). The summed E-state index contributed by atoms with van der Waals surface area (Å²) in [5.41, 5.74) is 10.1. The van der Waals surface area contributed by atoms with Gasteiger partial charge in [-0.05, 0) is 43.5 Å². The number of nitrogens with one attached hydrogen (secondary N) is 2. The Morgan fingerprint density at radius 3 is 2.84 bits per heavy atom. The fourth-order valence-corrected chi connectivity index (χ4v) is 5.71. The molecule has 0 radical (unpaired) electrons. The number of aryl methyl sites for hydroxylation is 1. The fraction of sp³-hybridized carbons (Fsp3) is 0.435. The van der Waals surface area contributed by atoms with Gasteiger partial charge in [0.1, 0.15) is 15.5 Å². The van der Waals surface area contributed by atoms with Crippen LogP contribution in [0, 0.1) is 6.92 Å². The maximum Gasteiger partial charge on any atom is 0.263 e. The van der Waals surface area contributed by atoms with Crippen molar-refractivity contribution in [2.45, 2.75) is 38.6 Å². The number of aromatic nitrogens is 2. The molecule has 1 aliphatic heterocycles. The molecule has 0 unspecified atom stereocenters. The maximum absolute atomic E-state index is 13.0. The van der Waals surface area contributed by atoms with E-state index in [4.69, 9.17) is 10.7 Å². The van der Waals surface area contributed by atoms with Gasteiger partial charge in [0.2, 0.25) is 0 Å². The standard InChI is InChI=1S/C23H28N6OS/c1-13-11-16(12-15-4-6-18(28-20(13)15)29-9-7-25-8-10-29)27-22(30)21-19(24)17-5-3-14(2)26-23(17)31-21/h3-6,13,16,25H,7-12,24H2,1-2H3,(H,27,30)/t13-,16-/m0/s1. The largest absolute Gasteiger partial charge is 0.397 e. The van der Waals surface area contributed by atoms with E-state index in [1.165, 1.54) is 22.6 Å². The number of nitrogens with zero attached hydrogens (tertiary/aromatic N) is 3. The number of anilines is 2. The van der Waals surface area contributed by atoms with E-state index in [9.17, 15) is 4.79 Å². The van der Waals surface area contributed by atoms with Crippen LogP contribution in [-0.4, -0.2) is 48.1 Å². The van der Waals surface area contributed by atoms with E-state index in [0.29, 0.717) is 16.5 Å². The van der Waals surface area contributed by atoms with Crippen molar-refractivity contribution in [3.63, 3.8) is 0 Å². The van der Waals surface area contributed by atoms with E-state index in [2.05, 4.69) is 39.6 Å². The molecule has 162 valence electrons. The molecular weight excluding hydrogens is 408 g/mol. The highest BCUT2D eigenvalue weighted by Gasteiger charge is 2.29. The van der Waals surface area contributed by atoms with Crippen molar-refractivity contribution in [3.8, 4) is 0 Å². The lowest BCUT2D eigenvalue weighted by molar-refractivity contribution is 0.0937. The topological polar surface area (TPSA) is 96.2 Å². The predicted octanol–water partition coefficient (Wildman–Crippen LogP) is 2.84. The summed E-state index contributed by atoms with van der Waals surface area (Å²) < 4.78 is 0. The second-order valence-corrected chi connectivity index (χ2v) is 9.61. The molecule has 3 aromatic rings. The van der Waals surface area contributed by atoms with Crippen molar-refractivity contribution in [2.24, 2.45) is 0 Å². The molecule has 4 N–H and O–H groups in total.